The van der Waals surface area contributed by atoms with Crippen molar-refractivity contribution in [3.05, 3.63) is 16.1 Å². The number of hydrogen-bond donors (Lipinski definition) is 1. The van der Waals surface area contributed by atoms with Gasteiger partial charge < -0.3 is 9.84 Å². The molecule has 1 saturated heterocycles. The van der Waals surface area contributed by atoms with E-state index >= 15 is 0 Å². The third-order valence-electron chi connectivity index (χ3n) is 1.95. The molecule has 1 N–H and O–H groups in total. The fourth-order valence-electron chi connectivity index (χ4n) is 1.31. The summed E-state index contributed by atoms with van der Waals surface area (Å²) < 4.78 is 5.39. The van der Waals surface area contributed by atoms with E-state index in [1.54, 1.807) is 5.38 Å². The molecule has 0 amide bonds. The number of ether oxygens (including phenoxy) is 1. The molecule has 4 nitrogen and oxygen atoms in total. The lowest BCUT2D eigenvalue weighted by atomic mass is 10.2. The highest BCUT2D eigenvalue weighted by atomic mass is 32.1. The molecular formula is C8H9NO3S. The second kappa shape index (κ2) is 3.43. The van der Waals surface area contributed by atoms with Crippen molar-refractivity contribution in [2.45, 2.75) is 18.9 Å². The predicted molar refractivity (Wildman–Crippen MR) is 47.0 cm³/mol. The molecule has 1 atom stereocenters. The van der Waals surface area contributed by atoms with Crippen LogP contribution < -0.4 is 0 Å². The SMILES string of the molecule is O=C(O)c1csc([C@@H]2CCCO2)n1. The molecule has 70 valence electrons. The van der Waals surface area contributed by atoms with Crippen LogP contribution in [0.1, 0.15) is 34.4 Å². The molecule has 5 heteroatoms. The first-order valence-corrected chi connectivity index (χ1v) is 4.95. The van der Waals surface area contributed by atoms with Crippen molar-refractivity contribution in [2.24, 2.45) is 0 Å². The molecule has 0 spiro atoms. The van der Waals surface area contributed by atoms with Gasteiger partial charge in [0.2, 0.25) is 0 Å². The number of carbonyl (C=O) groups is 1. The molecule has 1 aliphatic rings. The normalized spacial score (nSPS) is 22.0. The molecule has 1 aromatic rings. The van der Waals surface area contributed by atoms with E-state index in [0.717, 1.165) is 24.5 Å². The van der Waals surface area contributed by atoms with Crippen molar-refractivity contribution in [2.75, 3.05) is 6.61 Å². The van der Waals surface area contributed by atoms with Gasteiger partial charge in [0.25, 0.3) is 0 Å². The fraction of sp³-hybridized carbons (Fsp3) is 0.500. The Kier molecular flexibility index (Phi) is 2.28. The van der Waals surface area contributed by atoms with Crippen molar-refractivity contribution < 1.29 is 14.6 Å². The molecule has 2 heterocycles. The lowest BCUT2D eigenvalue weighted by Crippen LogP contribution is -1.99. The highest BCUT2D eigenvalue weighted by molar-refractivity contribution is 7.09. The van der Waals surface area contributed by atoms with Gasteiger partial charge in [0.1, 0.15) is 11.1 Å². The van der Waals surface area contributed by atoms with Crippen molar-refractivity contribution in [1.82, 2.24) is 4.98 Å². The lowest BCUT2D eigenvalue weighted by molar-refractivity contribution is 0.0689. The van der Waals surface area contributed by atoms with Crippen LogP contribution in [0.25, 0.3) is 0 Å². The molecule has 0 aliphatic carbocycles. The largest absolute Gasteiger partial charge is 0.476 e. The molecule has 13 heavy (non-hydrogen) atoms. The molecule has 0 unspecified atom stereocenters. The third kappa shape index (κ3) is 1.71. The zero-order valence-corrected chi connectivity index (χ0v) is 7.71. The molecule has 0 bridgehead atoms. The molecule has 0 saturated carbocycles. The summed E-state index contributed by atoms with van der Waals surface area (Å²) >= 11 is 1.36. The Morgan fingerprint density at radius 3 is 3.15 bits per heavy atom. The summed E-state index contributed by atoms with van der Waals surface area (Å²) in [4.78, 5) is 14.5. The van der Waals surface area contributed by atoms with E-state index in [1.165, 1.54) is 11.3 Å². The average Bonchev–Trinajstić information content (AvgIpc) is 2.75. The zero-order chi connectivity index (χ0) is 9.26. The second-order valence-electron chi connectivity index (χ2n) is 2.88. The van der Waals surface area contributed by atoms with E-state index < -0.39 is 5.97 Å². The number of rotatable bonds is 2. The summed E-state index contributed by atoms with van der Waals surface area (Å²) in [6.07, 6.45) is 2.01. The first-order chi connectivity index (χ1) is 6.27. The van der Waals surface area contributed by atoms with Crippen LogP contribution in [0.5, 0.6) is 0 Å². The van der Waals surface area contributed by atoms with E-state index in [-0.39, 0.29) is 11.8 Å². The maximum Gasteiger partial charge on any atom is 0.355 e. The van der Waals surface area contributed by atoms with Gasteiger partial charge in [-0.3, -0.25) is 0 Å². The van der Waals surface area contributed by atoms with Crippen molar-refractivity contribution in [3.8, 4) is 0 Å². The summed E-state index contributed by atoms with van der Waals surface area (Å²) in [5, 5.41) is 11.0. The molecule has 0 aromatic carbocycles. The van der Waals surface area contributed by atoms with Gasteiger partial charge in [0.05, 0.1) is 0 Å². The Bertz CT molecular complexity index is 317. The minimum Gasteiger partial charge on any atom is -0.476 e. The minimum absolute atomic E-state index is 0.0260. The Labute approximate surface area is 79.2 Å². The van der Waals surface area contributed by atoms with Gasteiger partial charge in [-0.1, -0.05) is 0 Å². The van der Waals surface area contributed by atoms with Crippen LogP contribution in [0.4, 0.5) is 0 Å². The molecule has 2 rings (SSSR count). The van der Waals surface area contributed by atoms with Crippen LogP contribution in [-0.4, -0.2) is 22.7 Å². The summed E-state index contributed by atoms with van der Waals surface area (Å²) in [6.45, 7) is 0.757. The quantitative estimate of drug-likeness (QED) is 0.787. The summed E-state index contributed by atoms with van der Waals surface area (Å²) in [5.74, 6) is -0.972. The Morgan fingerprint density at radius 1 is 1.77 bits per heavy atom. The van der Waals surface area contributed by atoms with Gasteiger partial charge >= 0.3 is 5.97 Å². The number of aromatic nitrogens is 1. The third-order valence-corrected chi connectivity index (χ3v) is 2.88. The van der Waals surface area contributed by atoms with Crippen LogP contribution >= 0.6 is 11.3 Å². The van der Waals surface area contributed by atoms with Crippen molar-refractivity contribution >= 4 is 17.3 Å². The fourth-order valence-corrected chi connectivity index (χ4v) is 2.18. The Hall–Kier alpha value is -0.940. The summed E-state index contributed by atoms with van der Waals surface area (Å²) in [6, 6.07) is 0. The number of carboxylic acids is 1. The van der Waals surface area contributed by atoms with E-state index in [4.69, 9.17) is 9.84 Å². The van der Waals surface area contributed by atoms with Crippen LogP contribution in [0.3, 0.4) is 0 Å². The minimum atomic E-state index is -0.972. The van der Waals surface area contributed by atoms with E-state index in [0.29, 0.717) is 0 Å². The predicted octanol–water partition coefficient (Wildman–Crippen LogP) is 1.69. The molecule has 1 aromatic heterocycles. The molecule has 0 radical (unpaired) electrons. The Balaban J connectivity index is 2.16. The van der Waals surface area contributed by atoms with Gasteiger partial charge in [-0.2, -0.15) is 0 Å². The first kappa shape index (κ1) is 8.65. The standard InChI is InChI=1S/C8H9NO3S/c10-8(11)5-4-13-7(9-5)6-2-1-3-12-6/h4,6H,1-3H2,(H,10,11)/t6-/m0/s1. The van der Waals surface area contributed by atoms with Crippen molar-refractivity contribution in [1.29, 1.82) is 0 Å². The number of thiazole rings is 1. The first-order valence-electron chi connectivity index (χ1n) is 4.07. The van der Waals surface area contributed by atoms with Gasteiger partial charge in [0.15, 0.2) is 5.69 Å². The van der Waals surface area contributed by atoms with E-state index in [1.807, 2.05) is 0 Å². The van der Waals surface area contributed by atoms with Crippen molar-refractivity contribution in [3.63, 3.8) is 0 Å². The van der Waals surface area contributed by atoms with E-state index in [2.05, 4.69) is 4.98 Å². The van der Waals surface area contributed by atoms with Crippen LogP contribution in [0, 0.1) is 0 Å². The number of aromatic carboxylic acids is 1. The van der Waals surface area contributed by atoms with Crippen LogP contribution in [0.2, 0.25) is 0 Å². The molecule has 1 fully saturated rings. The summed E-state index contributed by atoms with van der Waals surface area (Å²) in [7, 11) is 0. The molecular weight excluding hydrogens is 190 g/mol. The van der Waals surface area contributed by atoms with Crippen LogP contribution in [0.15, 0.2) is 5.38 Å². The maximum absolute atomic E-state index is 10.5. The van der Waals surface area contributed by atoms with Gasteiger partial charge in [-0.05, 0) is 12.8 Å². The van der Waals surface area contributed by atoms with E-state index in [9.17, 15) is 4.79 Å². The van der Waals surface area contributed by atoms with Gasteiger partial charge in [-0.25, -0.2) is 9.78 Å². The molecule has 1 aliphatic heterocycles. The monoisotopic (exact) mass is 199 g/mol. The zero-order valence-electron chi connectivity index (χ0n) is 6.90. The second-order valence-corrected chi connectivity index (χ2v) is 3.77. The topological polar surface area (TPSA) is 59.4 Å². The highest BCUT2D eigenvalue weighted by Crippen LogP contribution is 2.30. The highest BCUT2D eigenvalue weighted by Gasteiger charge is 2.21. The number of nitrogens with zero attached hydrogens (tertiary/aromatic N) is 1. The van der Waals surface area contributed by atoms with Gasteiger partial charge in [0, 0.05) is 12.0 Å². The van der Waals surface area contributed by atoms with Crippen LogP contribution in [-0.2, 0) is 4.74 Å². The number of hydrogen-bond acceptors (Lipinski definition) is 4. The number of carboxylic acid groups (broad SMARTS) is 1. The smallest absolute Gasteiger partial charge is 0.355 e. The van der Waals surface area contributed by atoms with Gasteiger partial charge in [-0.15, -0.1) is 11.3 Å². The Morgan fingerprint density at radius 2 is 2.62 bits per heavy atom. The lowest BCUT2D eigenvalue weighted by Gasteiger charge is -2.02. The maximum atomic E-state index is 10.5. The average molecular weight is 199 g/mol. The summed E-state index contributed by atoms with van der Waals surface area (Å²) in [5.41, 5.74) is 0.121.